The first kappa shape index (κ1) is 19.3. The van der Waals surface area contributed by atoms with Gasteiger partial charge < -0.3 is 10.6 Å². The molecular formula is C16H16F3N7O2. The van der Waals surface area contributed by atoms with Gasteiger partial charge in [-0.1, -0.05) is 0 Å². The van der Waals surface area contributed by atoms with Crippen LogP contribution in [0.1, 0.15) is 27.4 Å². The molecule has 0 fully saturated rings. The Morgan fingerprint density at radius 1 is 1.18 bits per heavy atom. The number of carbonyl (C=O) groups is 1. The number of nitrogens with one attached hydrogen (secondary N) is 3. The van der Waals surface area contributed by atoms with E-state index in [2.05, 4.69) is 30.7 Å². The normalized spacial score (nSPS) is 11.6. The molecule has 0 unspecified atom stereocenters. The molecule has 9 nitrogen and oxygen atoms in total. The molecule has 12 heteroatoms. The number of rotatable bonds is 5. The molecular weight excluding hydrogens is 379 g/mol. The van der Waals surface area contributed by atoms with Crippen LogP contribution in [0.5, 0.6) is 0 Å². The molecule has 3 N–H and O–H groups in total. The zero-order valence-electron chi connectivity index (χ0n) is 14.9. The van der Waals surface area contributed by atoms with Crippen LogP contribution in [0.2, 0.25) is 0 Å². The largest absolute Gasteiger partial charge is 0.433 e. The van der Waals surface area contributed by atoms with Crippen molar-refractivity contribution in [1.29, 1.82) is 0 Å². The van der Waals surface area contributed by atoms with Crippen molar-refractivity contribution in [2.45, 2.75) is 20.0 Å². The molecule has 0 radical (unpaired) electrons. The lowest BCUT2D eigenvalue weighted by Crippen LogP contribution is -2.29. The van der Waals surface area contributed by atoms with E-state index in [1.54, 1.807) is 6.92 Å². The maximum absolute atomic E-state index is 13.1. The zero-order valence-corrected chi connectivity index (χ0v) is 14.9. The number of hydrogen-bond donors (Lipinski definition) is 3. The van der Waals surface area contributed by atoms with Crippen molar-refractivity contribution in [2.75, 3.05) is 18.4 Å². The monoisotopic (exact) mass is 395 g/mol. The minimum Gasteiger partial charge on any atom is -0.354 e. The summed E-state index contributed by atoms with van der Waals surface area (Å²) in [5.41, 5.74) is -0.926. The number of anilines is 1. The number of fused-ring (bicyclic) bond motifs is 1. The molecule has 0 aliphatic rings. The molecule has 0 aliphatic heterocycles. The van der Waals surface area contributed by atoms with Gasteiger partial charge in [0, 0.05) is 30.5 Å². The van der Waals surface area contributed by atoms with Crippen LogP contribution in [0, 0.1) is 13.8 Å². The van der Waals surface area contributed by atoms with Crippen molar-refractivity contribution < 1.29 is 18.0 Å². The van der Waals surface area contributed by atoms with Crippen molar-refractivity contribution in [3.05, 3.63) is 51.3 Å². The van der Waals surface area contributed by atoms with Gasteiger partial charge in [0.05, 0.1) is 6.20 Å². The van der Waals surface area contributed by atoms with E-state index < -0.39 is 17.8 Å². The summed E-state index contributed by atoms with van der Waals surface area (Å²) in [5, 5.41) is 9.04. The molecule has 28 heavy (non-hydrogen) atoms. The Labute approximate surface area is 156 Å². The summed E-state index contributed by atoms with van der Waals surface area (Å²) in [5.74, 6) is -0.365. The second-order valence-corrected chi connectivity index (χ2v) is 5.99. The fourth-order valence-corrected chi connectivity index (χ4v) is 2.56. The summed E-state index contributed by atoms with van der Waals surface area (Å²) in [6, 6.07) is 2.20. The first-order valence-corrected chi connectivity index (χ1v) is 8.18. The Morgan fingerprint density at radius 3 is 2.57 bits per heavy atom. The predicted octanol–water partition coefficient (Wildman–Crippen LogP) is 1.29. The number of carbonyl (C=O) groups excluding carboxylic acids is 1. The number of nitrogens with zero attached hydrogens (tertiary/aromatic N) is 4. The Bertz CT molecular complexity index is 1090. The third-order valence-corrected chi connectivity index (χ3v) is 3.71. The van der Waals surface area contributed by atoms with Crippen LogP contribution in [0.4, 0.5) is 19.1 Å². The number of halogens is 3. The van der Waals surface area contributed by atoms with Gasteiger partial charge in [0.1, 0.15) is 11.3 Å². The zero-order chi connectivity index (χ0) is 20.5. The van der Waals surface area contributed by atoms with Crippen LogP contribution in [-0.2, 0) is 6.18 Å². The van der Waals surface area contributed by atoms with E-state index in [4.69, 9.17) is 0 Å². The minimum atomic E-state index is -4.63. The summed E-state index contributed by atoms with van der Waals surface area (Å²) in [7, 11) is 0. The van der Waals surface area contributed by atoms with Crippen LogP contribution in [0.3, 0.4) is 0 Å². The third kappa shape index (κ3) is 4.10. The molecule has 3 aromatic heterocycles. The molecule has 0 saturated heterocycles. The molecule has 148 valence electrons. The number of aromatic amines is 1. The molecule has 3 heterocycles. The Kier molecular flexibility index (Phi) is 5.03. The first-order valence-electron chi connectivity index (χ1n) is 8.18. The molecule has 1 amide bonds. The van der Waals surface area contributed by atoms with E-state index in [-0.39, 0.29) is 41.5 Å². The van der Waals surface area contributed by atoms with Gasteiger partial charge in [-0.05, 0) is 19.9 Å². The molecule has 0 spiro atoms. The van der Waals surface area contributed by atoms with Crippen LogP contribution < -0.4 is 16.2 Å². The van der Waals surface area contributed by atoms with E-state index >= 15 is 0 Å². The van der Waals surface area contributed by atoms with E-state index in [9.17, 15) is 22.8 Å². The highest BCUT2D eigenvalue weighted by Crippen LogP contribution is 2.30. The van der Waals surface area contributed by atoms with Crippen molar-refractivity contribution in [3.63, 3.8) is 0 Å². The average molecular weight is 395 g/mol. The van der Waals surface area contributed by atoms with Crippen LogP contribution in [0.15, 0.2) is 23.1 Å². The van der Waals surface area contributed by atoms with Gasteiger partial charge in [-0.3, -0.25) is 14.6 Å². The molecule has 0 aliphatic carbocycles. The molecule has 3 rings (SSSR count). The van der Waals surface area contributed by atoms with Gasteiger partial charge in [0.15, 0.2) is 5.65 Å². The number of H-pyrrole nitrogens is 1. The number of amides is 1. The van der Waals surface area contributed by atoms with Crippen molar-refractivity contribution in [2.24, 2.45) is 0 Å². The fraction of sp³-hybridized carbons (Fsp3) is 0.312. The van der Waals surface area contributed by atoms with E-state index in [1.807, 2.05) is 0 Å². The molecule has 0 bridgehead atoms. The second-order valence-electron chi connectivity index (χ2n) is 5.99. The maximum Gasteiger partial charge on any atom is 0.433 e. The average Bonchev–Trinajstić information content (AvgIpc) is 2.99. The van der Waals surface area contributed by atoms with Crippen LogP contribution in [0.25, 0.3) is 5.65 Å². The standard InChI is InChI=1S/C16H16F3N7O2/c1-8-5-11(16(17,18)19)26-13(23-8)10(7-22-26)14(28)20-3-4-21-15-24-9(2)6-12(27)25-15/h5-7H,3-4H2,1-2H3,(H,20,28)(H2,21,24,25,27). The van der Waals surface area contributed by atoms with E-state index in [0.29, 0.717) is 10.2 Å². The van der Waals surface area contributed by atoms with Crippen LogP contribution in [-0.4, -0.2) is 43.6 Å². The minimum absolute atomic E-state index is 0.0729. The lowest BCUT2D eigenvalue weighted by atomic mass is 10.3. The summed E-state index contributed by atoms with van der Waals surface area (Å²) in [6.07, 6.45) is -3.59. The number of aryl methyl sites for hydroxylation is 2. The summed E-state index contributed by atoms with van der Waals surface area (Å²) in [4.78, 5) is 34.2. The SMILES string of the molecule is Cc1cc(=O)[nH]c(NCCNC(=O)c2cnn3c(C(F)(F)F)cc(C)nc23)n1. The number of aromatic nitrogens is 5. The summed E-state index contributed by atoms with van der Waals surface area (Å²) in [6.45, 7) is 3.43. The Hall–Kier alpha value is -3.44. The van der Waals surface area contributed by atoms with Crippen molar-refractivity contribution in [1.82, 2.24) is 29.9 Å². The molecule has 3 aromatic rings. The van der Waals surface area contributed by atoms with Gasteiger partial charge in [-0.25, -0.2) is 14.5 Å². The number of alkyl halides is 3. The summed E-state index contributed by atoms with van der Waals surface area (Å²) >= 11 is 0. The van der Waals surface area contributed by atoms with Crippen molar-refractivity contribution >= 4 is 17.5 Å². The first-order chi connectivity index (χ1) is 13.1. The smallest absolute Gasteiger partial charge is 0.354 e. The van der Waals surface area contributed by atoms with Gasteiger partial charge in [0.25, 0.3) is 11.5 Å². The third-order valence-electron chi connectivity index (χ3n) is 3.71. The quantitative estimate of drug-likeness (QED) is 0.561. The lowest BCUT2D eigenvalue weighted by Gasteiger charge is -2.10. The van der Waals surface area contributed by atoms with Crippen molar-refractivity contribution in [3.8, 4) is 0 Å². The highest BCUT2D eigenvalue weighted by Gasteiger charge is 2.35. The highest BCUT2D eigenvalue weighted by molar-refractivity contribution is 5.99. The molecule has 0 aromatic carbocycles. The van der Waals surface area contributed by atoms with E-state index in [0.717, 1.165) is 12.3 Å². The topological polar surface area (TPSA) is 117 Å². The lowest BCUT2D eigenvalue weighted by molar-refractivity contribution is -0.142. The van der Waals surface area contributed by atoms with E-state index in [1.165, 1.54) is 13.0 Å². The van der Waals surface area contributed by atoms with Gasteiger partial charge in [-0.15, -0.1) is 0 Å². The molecule has 0 saturated carbocycles. The maximum atomic E-state index is 13.1. The summed E-state index contributed by atoms with van der Waals surface area (Å²) < 4.78 is 40.0. The van der Waals surface area contributed by atoms with Gasteiger partial charge in [-0.2, -0.15) is 18.3 Å². The second kappa shape index (κ2) is 7.29. The van der Waals surface area contributed by atoms with Gasteiger partial charge >= 0.3 is 6.18 Å². The fourth-order valence-electron chi connectivity index (χ4n) is 2.56. The van der Waals surface area contributed by atoms with Gasteiger partial charge in [0.2, 0.25) is 5.95 Å². The predicted molar refractivity (Wildman–Crippen MR) is 93.1 cm³/mol. The highest BCUT2D eigenvalue weighted by atomic mass is 19.4. The number of hydrogen-bond acceptors (Lipinski definition) is 6. The Balaban J connectivity index is 1.70. The van der Waals surface area contributed by atoms with Crippen LogP contribution >= 0.6 is 0 Å². The Morgan fingerprint density at radius 2 is 1.89 bits per heavy atom. The molecule has 0 atom stereocenters.